The maximum atomic E-state index is 6.09. The quantitative estimate of drug-likeness (QED) is 0.823. The molecule has 3 nitrogen and oxygen atoms in total. The predicted octanol–water partition coefficient (Wildman–Crippen LogP) is 3.96. The van der Waals surface area contributed by atoms with Gasteiger partial charge < -0.3 is 14.5 Å². The van der Waals surface area contributed by atoms with Gasteiger partial charge in [0.1, 0.15) is 5.76 Å². The average Bonchev–Trinajstić information content (AvgIpc) is 2.75. The smallest absolute Gasteiger partial charge is 0.187 e. The van der Waals surface area contributed by atoms with Gasteiger partial charge in [0.05, 0.1) is 5.60 Å². The van der Waals surface area contributed by atoms with E-state index in [4.69, 9.17) is 9.15 Å². The topological polar surface area (TPSA) is 34.4 Å². The number of para-hydroxylation sites is 1. The summed E-state index contributed by atoms with van der Waals surface area (Å²) in [7, 11) is 0. The summed E-state index contributed by atoms with van der Waals surface area (Å²) >= 11 is 0. The second kappa shape index (κ2) is 3.89. The molecule has 0 bridgehead atoms. The highest BCUT2D eigenvalue weighted by atomic mass is 16.5. The first kappa shape index (κ1) is 11.4. The number of furan rings is 1. The monoisotopic (exact) mass is 243 g/mol. The minimum Gasteiger partial charge on any atom is -0.462 e. The zero-order valence-electron chi connectivity index (χ0n) is 10.9. The van der Waals surface area contributed by atoms with Gasteiger partial charge in [-0.05, 0) is 39.0 Å². The maximum absolute atomic E-state index is 6.09. The Morgan fingerprint density at radius 2 is 1.89 bits per heavy atom. The molecule has 94 valence electrons. The Labute approximate surface area is 107 Å². The highest BCUT2D eigenvalue weighted by Gasteiger charge is 2.34. The van der Waals surface area contributed by atoms with Crippen LogP contribution in [0, 0.1) is 6.92 Å². The van der Waals surface area contributed by atoms with Crippen molar-refractivity contribution in [3.05, 3.63) is 53.5 Å². The first-order valence-corrected chi connectivity index (χ1v) is 6.16. The van der Waals surface area contributed by atoms with Crippen LogP contribution in [0.25, 0.3) is 0 Å². The normalized spacial score (nSPS) is 21.2. The van der Waals surface area contributed by atoms with Gasteiger partial charge in [0.2, 0.25) is 0 Å². The molecule has 0 saturated carbocycles. The summed E-state index contributed by atoms with van der Waals surface area (Å²) in [5.41, 5.74) is 1.95. The number of aryl methyl sites for hydroxylation is 1. The van der Waals surface area contributed by atoms with E-state index in [2.05, 4.69) is 31.3 Å². The molecule has 0 radical (unpaired) electrons. The van der Waals surface area contributed by atoms with Crippen molar-refractivity contribution in [2.24, 2.45) is 0 Å². The number of fused-ring (bicyclic) bond motifs is 1. The molecule has 1 aliphatic heterocycles. The summed E-state index contributed by atoms with van der Waals surface area (Å²) in [6, 6.07) is 12.1. The van der Waals surface area contributed by atoms with Crippen LogP contribution in [-0.4, -0.2) is 0 Å². The van der Waals surface area contributed by atoms with Gasteiger partial charge >= 0.3 is 0 Å². The number of benzene rings is 1. The van der Waals surface area contributed by atoms with Crippen LogP contribution in [0.2, 0.25) is 0 Å². The maximum Gasteiger partial charge on any atom is 0.187 e. The summed E-state index contributed by atoms with van der Waals surface area (Å²) in [6.07, 6.45) is -0.233. The zero-order valence-corrected chi connectivity index (χ0v) is 10.9. The molecule has 1 unspecified atom stereocenters. The summed E-state index contributed by atoms with van der Waals surface area (Å²) in [5.74, 6) is 1.71. The van der Waals surface area contributed by atoms with Crippen LogP contribution >= 0.6 is 0 Å². The van der Waals surface area contributed by atoms with E-state index in [1.165, 1.54) is 5.56 Å². The lowest BCUT2D eigenvalue weighted by Gasteiger charge is -2.38. The molecule has 0 spiro atoms. The number of hydrogen-bond donors (Lipinski definition) is 1. The molecule has 1 aromatic carbocycles. The van der Waals surface area contributed by atoms with Gasteiger partial charge in [-0.2, -0.15) is 0 Å². The van der Waals surface area contributed by atoms with E-state index >= 15 is 0 Å². The van der Waals surface area contributed by atoms with E-state index in [9.17, 15) is 0 Å². The molecule has 18 heavy (non-hydrogen) atoms. The number of anilines is 1. The van der Waals surface area contributed by atoms with Crippen molar-refractivity contribution >= 4 is 5.69 Å². The SMILES string of the molecule is Cc1ccc(C2Nc3ccccc3C(C)(C)O2)o1. The molecule has 0 saturated heterocycles. The molecule has 2 aromatic rings. The molecule has 1 N–H and O–H groups in total. The van der Waals surface area contributed by atoms with Gasteiger partial charge in [-0.15, -0.1) is 0 Å². The summed E-state index contributed by atoms with van der Waals surface area (Å²) in [6.45, 7) is 6.09. The molecule has 1 aromatic heterocycles. The van der Waals surface area contributed by atoms with Gasteiger partial charge in [0.25, 0.3) is 0 Å². The molecule has 2 heterocycles. The molecule has 3 heteroatoms. The fourth-order valence-corrected chi connectivity index (χ4v) is 2.39. The molecule has 3 rings (SSSR count). The Kier molecular flexibility index (Phi) is 2.45. The summed E-state index contributed by atoms with van der Waals surface area (Å²) in [5, 5.41) is 3.37. The number of rotatable bonds is 1. The van der Waals surface area contributed by atoms with E-state index in [1.807, 2.05) is 31.2 Å². The fourth-order valence-electron chi connectivity index (χ4n) is 2.39. The Morgan fingerprint density at radius 3 is 2.61 bits per heavy atom. The van der Waals surface area contributed by atoms with Crippen molar-refractivity contribution in [1.29, 1.82) is 0 Å². The first-order chi connectivity index (χ1) is 8.56. The van der Waals surface area contributed by atoms with E-state index in [1.54, 1.807) is 0 Å². The van der Waals surface area contributed by atoms with Crippen LogP contribution in [0.4, 0.5) is 5.69 Å². The van der Waals surface area contributed by atoms with Gasteiger partial charge in [0, 0.05) is 11.3 Å². The van der Waals surface area contributed by atoms with Crippen LogP contribution in [0.15, 0.2) is 40.8 Å². The van der Waals surface area contributed by atoms with Crippen molar-refractivity contribution in [3.8, 4) is 0 Å². The second-order valence-corrected chi connectivity index (χ2v) is 5.15. The standard InChI is InChI=1S/C15H17NO2/c1-10-8-9-13(17-10)14-16-12-7-5-4-6-11(12)15(2,3)18-14/h4-9,14,16H,1-3H3. The van der Waals surface area contributed by atoms with Crippen LogP contribution in [0.1, 0.15) is 37.2 Å². The Balaban J connectivity index is 2.00. The lowest BCUT2D eigenvalue weighted by molar-refractivity contribution is -0.0811. The van der Waals surface area contributed by atoms with Crippen LogP contribution in [0.3, 0.4) is 0 Å². The van der Waals surface area contributed by atoms with E-state index in [0.29, 0.717) is 0 Å². The number of nitrogens with one attached hydrogen (secondary N) is 1. The number of ether oxygens (including phenoxy) is 1. The minimum atomic E-state index is -0.326. The molecule has 0 aliphatic carbocycles. The Morgan fingerprint density at radius 1 is 1.11 bits per heavy atom. The molecular formula is C15H17NO2. The molecule has 0 fully saturated rings. The lowest BCUT2D eigenvalue weighted by Crippen LogP contribution is -2.33. The van der Waals surface area contributed by atoms with Gasteiger partial charge in [-0.3, -0.25) is 0 Å². The van der Waals surface area contributed by atoms with Crippen LogP contribution in [-0.2, 0) is 10.3 Å². The second-order valence-electron chi connectivity index (χ2n) is 5.15. The average molecular weight is 243 g/mol. The summed E-state index contributed by atoms with van der Waals surface area (Å²) < 4.78 is 11.7. The Hall–Kier alpha value is -1.74. The summed E-state index contributed by atoms with van der Waals surface area (Å²) in [4.78, 5) is 0. The van der Waals surface area contributed by atoms with Crippen LogP contribution < -0.4 is 5.32 Å². The van der Waals surface area contributed by atoms with Crippen molar-refractivity contribution in [1.82, 2.24) is 0 Å². The van der Waals surface area contributed by atoms with Gasteiger partial charge in [-0.25, -0.2) is 0 Å². The zero-order chi connectivity index (χ0) is 12.8. The molecule has 1 atom stereocenters. The third-order valence-corrected chi connectivity index (χ3v) is 3.29. The molecule has 0 amide bonds. The first-order valence-electron chi connectivity index (χ1n) is 6.16. The third kappa shape index (κ3) is 1.81. The van der Waals surface area contributed by atoms with E-state index in [-0.39, 0.29) is 11.8 Å². The van der Waals surface area contributed by atoms with Crippen LogP contribution in [0.5, 0.6) is 0 Å². The number of hydrogen-bond acceptors (Lipinski definition) is 3. The highest BCUT2D eigenvalue weighted by Crippen LogP contribution is 2.41. The molecule has 1 aliphatic rings. The van der Waals surface area contributed by atoms with Crippen molar-refractivity contribution < 1.29 is 9.15 Å². The molecular weight excluding hydrogens is 226 g/mol. The van der Waals surface area contributed by atoms with Crippen molar-refractivity contribution in [3.63, 3.8) is 0 Å². The highest BCUT2D eigenvalue weighted by molar-refractivity contribution is 5.55. The minimum absolute atomic E-state index is 0.233. The fraction of sp³-hybridized carbons (Fsp3) is 0.333. The van der Waals surface area contributed by atoms with E-state index in [0.717, 1.165) is 17.2 Å². The predicted molar refractivity (Wildman–Crippen MR) is 70.4 cm³/mol. The largest absolute Gasteiger partial charge is 0.462 e. The van der Waals surface area contributed by atoms with Crippen molar-refractivity contribution in [2.75, 3.05) is 5.32 Å². The van der Waals surface area contributed by atoms with Gasteiger partial charge in [-0.1, -0.05) is 18.2 Å². The Bertz CT molecular complexity index is 571. The van der Waals surface area contributed by atoms with Crippen molar-refractivity contribution in [2.45, 2.75) is 32.6 Å². The van der Waals surface area contributed by atoms with E-state index < -0.39 is 0 Å². The lowest BCUT2D eigenvalue weighted by atomic mass is 9.94. The van der Waals surface area contributed by atoms with Gasteiger partial charge in [0.15, 0.2) is 12.0 Å². The third-order valence-electron chi connectivity index (χ3n) is 3.29.